The largest absolute Gasteiger partial charge is 0.496 e. The van der Waals surface area contributed by atoms with Crippen LogP contribution in [0.15, 0.2) is 24.5 Å². The van der Waals surface area contributed by atoms with Gasteiger partial charge in [-0.3, -0.25) is 4.98 Å². The first kappa shape index (κ1) is 8.72. The SMILES string of the molecule is CC1OB(c2cccnc2)OC1C. The number of aromatic nitrogens is 1. The van der Waals surface area contributed by atoms with Crippen molar-refractivity contribution in [3.63, 3.8) is 0 Å². The lowest BCUT2D eigenvalue weighted by molar-refractivity contribution is 0.187. The second-order valence-corrected chi connectivity index (χ2v) is 3.30. The zero-order chi connectivity index (χ0) is 9.26. The van der Waals surface area contributed by atoms with Crippen LogP contribution in [0.5, 0.6) is 0 Å². The molecule has 68 valence electrons. The molecule has 13 heavy (non-hydrogen) atoms. The van der Waals surface area contributed by atoms with Crippen molar-refractivity contribution in [1.82, 2.24) is 4.98 Å². The Labute approximate surface area is 78.2 Å². The van der Waals surface area contributed by atoms with Crippen LogP contribution in [-0.2, 0) is 9.31 Å². The maximum absolute atomic E-state index is 5.60. The molecule has 3 nitrogen and oxygen atoms in total. The van der Waals surface area contributed by atoms with E-state index in [9.17, 15) is 0 Å². The lowest BCUT2D eigenvalue weighted by Crippen LogP contribution is -2.32. The average Bonchev–Trinajstić information content (AvgIpc) is 2.49. The Bertz CT molecular complexity index is 270. The Morgan fingerprint density at radius 2 is 2.00 bits per heavy atom. The highest BCUT2D eigenvalue weighted by Gasteiger charge is 2.35. The van der Waals surface area contributed by atoms with Gasteiger partial charge in [-0.15, -0.1) is 0 Å². The first-order chi connectivity index (χ1) is 6.27. The summed E-state index contributed by atoms with van der Waals surface area (Å²) in [6.45, 7) is 4.03. The van der Waals surface area contributed by atoms with Crippen molar-refractivity contribution in [2.45, 2.75) is 26.1 Å². The fraction of sp³-hybridized carbons (Fsp3) is 0.444. The van der Waals surface area contributed by atoms with Crippen molar-refractivity contribution in [3.8, 4) is 0 Å². The Kier molecular flexibility index (Phi) is 2.33. The molecule has 2 heterocycles. The smallest absolute Gasteiger partial charge is 0.402 e. The van der Waals surface area contributed by atoms with E-state index in [0.717, 1.165) is 5.46 Å². The van der Waals surface area contributed by atoms with Crippen LogP contribution in [0.2, 0.25) is 0 Å². The van der Waals surface area contributed by atoms with Gasteiger partial charge in [0.25, 0.3) is 0 Å². The normalized spacial score (nSPS) is 28.0. The molecule has 0 radical (unpaired) electrons. The molecular weight excluding hydrogens is 165 g/mol. The Morgan fingerprint density at radius 1 is 1.31 bits per heavy atom. The summed E-state index contributed by atoms with van der Waals surface area (Å²) < 4.78 is 11.2. The molecule has 0 bridgehead atoms. The maximum Gasteiger partial charge on any atom is 0.496 e. The second kappa shape index (κ2) is 3.48. The molecule has 0 N–H and O–H groups in total. The van der Waals surface area contributed by atoms with Gasteiger partial charge in [0.15, 0.2) is 0 Å². The number of hydrogen-bond donors (Lipinski definition) is 0. The van der Waals surface area contributed by atoms with E-state index < -0.39 is 0 Å². The van der Waals surface area contributed by atoms with Crippen LogP contribution in [0.3, 0.4) is 0 Å². The van der Waals surface area contributed by atoms with E-state index in [1.54, 1.807) is 12.4 Å². The number of hydrogen-bond acceptors (Lipinski definition) is 3. The molecule has 2 atom stereocenters. The lowest BCUT2D eigenvalue weighted by atomic mass is 9.81. The molecule has 0 saturated carbocycles. The van der Waals surface area contributed by atoms with E-state index in [1.165, 1.54) is 0 Å². The summed E-state index contributed by atoms with van der Waals surface area (Å²) >= 11 is 0. The third kappa shape index (κ3) is 1.74. The van der Waals surface area contributed by atoms with Crippen molar-refractivity contribution in [2.75, 3.05) is 0 Å². The van der Waals surface area contributed by atoms with Gasteiger partial charge in [-0.2, -0.15) is 0 Å². The first-order valence-electron chi connectivity index (χ1n) is 4.48. The predicted octanol–water partition coefficient (Wildman–Crippen LogP) is 0.601. The van der Waals surface area contributed by atoms with E-state index in [1.807, 2.05) is 26.0 Å². The Balaban J connectivity index is 2.12. The quantitative estimate of drug-likeness (QED) is 0.588. The molecule has 0 amide bonds. The molecular formula is C9H12BNO2. The zero-order valence-electron chi connectivity index (χ0n) is 7.81. The van der Waals surface area contributed by atoms with Crippen LogP contribution in [0.1, 0.15) is 13.8 Å². The van der Waals surface area contributed by atoms with Crippen LogP contribution in [0.25, 0.3) is 0 Å². The highest BCUT2D eigenvalue weighted by atomic mass is 16.7. The zero-order valence-corrected chi connectivity index (χ0v) is 7.81. The molecule has 2 unspecified atom stereocenters. The summed E-state index contributed by atoms with van der Waals surface area (Å²) in [4.78, 5) is 4.02. The molecule has 0 aromatic carbocycles. The van der Waals surface area contributed by atoms with Crippen LogP contribution in [0.4, 0.5) is 0 Å². The summed E-state index contributed by atoms with van der Waals surface area (Å²) in [5.41, 5.74) is 0.985. The van der Waals surface area contributed by atoms with Crippen LogP contribution < -0.4 is 5.46 Å². The van der Waals surface area contributed by atoms with Crippen molar-refractivity contribution in [1.29, 1.82) is 0 Å². The molecule has 1 aromatic heterocycles. The average molecular weight is 177 g/mol. The molecule has 1 fully saturated rings. The Hall–Kier alpha value is -0.865. The van der Waals surface area contributed by atoms with E-state index in [2.05, 4.69) is 4.98 Å². The van der Waals surface area contributed by atoms with E-state index in [0.29, 0.717) is 0 Å². The Morgan fingerprint density at radius 3 is 2.54 bits per heavy atom. The highest BCUT2D eigenvalue weighted by molar-refractivity contribution is 6.61. The summed E-state index contributed by atoms with van der Waals surface area (Å²) in [5.74, 6) is 0. The molecule has 1 aliphatic rings. The van der Waals surface area contributed by atoms with E-state index in [-0.39, 0.29) is 19.3 Å². The minimum atomic E-state index is -0.237. The summed E-state index contributed by atoms with van der Waals surface area (Å²) in [6, 6.07) is 3.85. The number of nitrogens with zero attached hydrogens (tertiary/aromatic N) is 1. The minimum Gasteiger partial charge on any atom is -0.402 e. The molecule has 1 aromatic rings. The van der Waals surface area contributed by atoms with Gasteiger partial charge in [0, 0.05) is 17.9 Å². The van der Waals surface area contributed by atoms with Crippen LogP contribution >= 0.6 is 0 Å². The molecule has 2 rings (SSSR count). The fourth-order valence-corrected chi connectivity index (χ4v) is 1.32. The summed E-state index contributed by atoms with van der Waals surface area (Å²) in [5, 5.41) is 0. The summed E-state index contributed by atoms with van der Waals surface area (Å²) in [6.07, 6.45) is 3.83. The van der Waals surface area contributed by atoms with E-state index in [4.69, 9.17) is 9.31 Å². The maximum atomic E-state index is 5.60. The molecule has 0 aliphatic carbocycles. The van der Waals surface area contributed by atoms with Gasteiger partial charge in [0.2, 0.25) is 0 Å². The highest BCUT2D eigenvalue weighted by Crippen LogP contribution is 2.14. The van der Waals surface area contributed by atoms with Crippen molar-refractivity contribution in [3.05, 3.63) is 24.5 Å². The minimum absolute atomic E-state index is 0.158. The monoisotopic (exact) mass is 177 g/mol. The second-order valence-electron chi connectivity index (χ2n) is 3.30. The third-order valence-electron chi connectivity index (χ3n) is 2.29. The van der Waals surface area contributed by atoms with Gasteiger partial charge < -0.3 is 9.31 Å². The first-order valence-corrected chi connectivity index (χ1v) is 4.48. The molecule has 1 aliphatic heterocycles. The fourth-order valence-electron chi connectivity index (χ4n) is 1.32. The predicted molar refractivity (Wildman–Crippen MR) is 50.7 cm³/mol. The number of pyridine rings is 1. The summed E-state index contributed by atoms with van der Waals surface area (Å²) in [7, 11) is -0.237. The van der Waals surface area contributed by atoms with Crippen molar-refractivity contribution < 1.29 is 9.31 Å². The number of rotatable bonds is 1. The van der Waals surface area contributed by atoms with E-state index >= 15 is 0 Å². The standard InChI is InChI=1S/C9H12BNO2/c1-7-8(2)13-10(12-7)9-4-3-5-11-6-9/h3-8H,1-2H3. The van der Waals surface area contributed by atoms with Crippen molar-refractivity contribution >= 4 is 12.6 Å². The molecule has 0 spiro atoms. The van der Waals surface area contributed by atoms with Gasteiger partial charge in [0.1, 0.15) is 0 Å². The van der Waals surface area contributed by atoms with Gasteiger partial charge in [0.05, 0.1) is 12.2 Å². The molecule has 1 saturated heterocycles. The van der Waals surface area contributed by atoms with Gasteiger partial charge in [-0.25, -0.2) is 0 Å². The van der Waals surface area contributed by atoms with Crippen LogP contribution in [0, 0.1) is 0 Å². The third-order valence-corrected chi connectivity index (χ3v) is 2.29. The lowest BCUT2D eigenvalue weighted by Gasteiger charge is -2.04. The van der Waals surface area contributed by atoms with Gasteiger partial charge in [-0.1, -0.05) is 6.07 Å². The topological polar surface area (TPSA) is 31.4 Å². The van der Waals surface area contributed by atoms with Crippen LogP contribution in [-0.4, -0.2) is 24.3 Å². The van der Waals surface area contributed by atoms with Gasteiger partial charge in [-0.05, 0) is 19.9 Å². The molecule has 4 heteroatoms. The van der Waals surface area contributed by atoms with Crippen molar-refractivity contribution in [2.24, 2.45) is 0 Å². The van der Waals surface area contributed by atoms with Gasteiger partial charge >= 0.3 is 7.12 Å².